The third-order valence-corrected chi connectivity index (χ3v) is 5.75. The molecule has 3 aromatic heterocycles. The molecule has 5 aromatic rings. The van der Waals surface area contributed by atoms with Crippen molar-refractivity contribution in [1.29, 1.82) is 0 Å². The van der Waals surface area contributed by atoms with Crippen molar-refractivity contribution >= 4 is 0 Å². The molecule has 8 nitrogen and oxygen atoms in total. The number of aromatic nitrogens is 7. The van der Waals surface area contributed by atoms with Crippen LogP contribution in [0.4, 0.5) is 0 Å². The van der Waals surface area contributed by atoms with Gasteiger partial charge >= 0.3 is 0 Å². The predicted octanol–water partition coefficient (Wildman–Crippen LogP) is 4.13. The molecule has 0 amide bonds. The largest absolute Gasteiger partial charge is 0.292 e. The van der Waals surface area contributed by atoms with Gasteiger partial charge in [-0.15, -0.1) is 10.2 Å². The Morgan fingerprint density at radius 1 is 0.882 bits per heavy atom. The van der Waals surface area contributed by atoms with Gasteiger partial charge in [-0.05, 0) is 72.5 Å². The van der Waals surface area contributed by atoms with Crippen LogP contribution in [0.3, 0.4) is 0 Å². The second-order valence-corrected chi connectivity index (χ2v) is 8.28. The molecule has 1 N–H and O–H groups in total. The molecule has 3 heterocycles. The summed E-state index contributed by atoms with van der Waals surface area (Å²) in [6.07, 6.45) is 1.82. The Morgan fingerprint density at radius 2 is 1.68 bits per heavy atom. The predicted molar refractivity (Wildman–Crippen MR) is 130 cm³/mol. The van der Waals surface area contributed by atoms with Crippen LogP contribution in [0.1, 0.15) is 22.6 Å². The van der Waals surface area contributed by atoms with Gasteiger partial charge in [-0.25, -0.2) is 4.98 Å². The van der Waals surface area contributed by atoms with E-state index in [1.54, 1.807) is 10.6 Å². The molecule has 0 aliphatic rings. The second-order valence-electron chi connectivity index (χ2n) is 8.28. The van der Waals surface area contributed by atoms with Crippen LogP contribution in [0, 0.1) is 20.8 Å². The van der Waals surface area contributed by atoms with Crippen molar-refractivity contribution in [3.8, 4) is 33.8 Å². The third kappa shape index (κ3) is 4.25. The molecule has 168 valence electrons. The lowest BCUT2D eigenvalue weighted by atomic mass is 9.94. The Kier molecular flexibility index (Phi) is 5.55. The first-order valence-electron chi connectivity index (χ1n) is 10.9. The minimum absolute atomic E-state index is 0.0492. The molecule has 0 saturated heterocycles. The van der Waals surface area contributed by atoms with Crippen LogP contribution in [0.5, 0.6) is 0 Å². The van der Waals surface area contributed by atoms with Crippen molar-refractivity contribution in [2.24, 2.45) is 0 Å². The number of pyridine rings is 1. The molecule has 2 aromatic carbocycles. The Balaban J connectivity index is 1.54. The summed E-state index contributed by atoms with van der Waals surface area (Å²) in [7, 11) is 0. The van der Waals surface area contributed by atoms with E-state index < -0.39 is 0 Å². The Hall–Kier alpha value is -4.46. The van der Waals surface area contributed by atoms with E-state index in [0.29, 0.717) is 18.2 Å². The molecule has 0 radical (unpaired) electrons. The number of aryl methyl sites for hydroxylation is 3. The first kappa shape index (κ1) is 21.4. The van der Waals surface area contributed by atoms with E-state index in [1.165, 1.54) is 0 Å². The summed E-state index contributed by atoms with van der Waals surface area (Å²) in [5, 5.41) is 14.6. The summed E-state index contributed by atoms with van der Waals surface area (Å²) in [6.45, 7) is 6.19. The third-order valence-electron chi connectivity index (χ3n) is 5.75. The van der Waals surface area contributed by atoms with Crippen LogP contribution < -0.4 is 5.56 Å². The van der Waals surface area contributed by atoms with Crippen LogP contribution in [0.15, 0.2) is 71.7 Å². The van der Waals surface area contributed by atoms with E-state index in [1.807, 2.05) is 62.5 Å². The molecular formula is C26H23N7O. The first-order chi connectivity index (χ1) is 16.5. The molecule has 0 aliphatic carbocycles. The van der Waals surface area contributed by atoms with Gasteiger partial charge in [0, 0.05) is 29.1 Å². The lowest BCUT2D eigenvalue weighted by Gasteiger charge is -2.12. The summed E-state index contributed by atoms with van der Waals surface area (Å²) in [6, 6.07) is 19.9. The molecule has 5 rings (SSSR count). The number of aromatic amines is 1. The highest BCUT2D eigenvalue weighted by Gasteiger charge is 2.14. The molecule has 34 heavy (non-hydrogen) atoms. The average molecular weight is 450 g/mol. The van der Waals surface area contributed by atoms with Gasteiger partial charge in [0.1, 0.15) is 5.82 Å². The summed E-state index contributed by atoms with van der Waals surface area (Å²) >= 11 is 0. The fourth-order valence-corrected chi connectivity index (χ4v) is 4.04. The summed E-state index contributed by atoms with van der Waals surface area (Å²) in [5.74, 6) is 1.22. The summed E-state index contributed by atoms with van der Waals surface area (Å²) in [4.78, 5) is 21.4. The van der Waals surface area contributed by atoms with E-state index >= 15 is 0 Å². The van der Waals surface area contributed by atoms with Crippen molar-refractivity contribution in [1.82, 2.24) is 35.2 Å². The van der Waals surface area contributed by atoms with Gasteiger partial charge < -0.3 is 0 Å². The number of hydrogen-bond acceptors (Lipinski definition) is 6. The number of benzene rings is 2. The van der Waals surface area contributed by atoms with Gasteiger partial charge in [0.25, 0.3) is 5.56 Å². The molecule has 0 unspecified atom stereocenters. The molecule has 0 spiro atoms. The zero-order chi connectivity index (χ0) is 23.7. The summed E-state index contributed by atoms with van der Waals surface area (Å²) in [5.41, 5.74) is 7.59. The second kappa shape index (κ2) is 8.82. The molecule has 0 aliphatic heterocycles. The number of H-pyrrole nitrogens is 1. The van der Waals surface area contributed by atoms with Gasteiger partial charge in [0.2, 0.25) is 5.82 Å². The van der Waals surface area contributed by atoms with E-state index in [4.69, 9.17) is 0 Å². The van der Waals surface area contributed by atoms with Crippen molar-refractivity contribution < 1.29 is 0 Å². The van der Waals surface area contributed by atoms with Crippen LogP contribution in [0.2, 0.25) is 0 Å². The van der Waals surface area contributed by atoms with E-state index in [9.17, 15) is 4.79 Å². The van der Waals surface area contributed by atoms with Crippen LogP contribution >= 0.6 is 0 Å². The van der Waals surface area contributed by atoms with Crippen LogP contribution in [-0.2, 0) is 6.54 Å². The van der Waals surface area contributed by atoms with Crippen LogP contribution in [-0.4, -0.2) is 35.2 Å². The maximum atomic E-state index is 12.4. The summed E-state index contributed by atoms with van der Waals surface area (Å²) < 4.78 is 1.68. The fourth-order valence-electron chi connectivity index (χ4n) is 4.04. The molecule has 0 saturated carbocycles. The quantitative estimate of drug-likeness (QED) is 0.433. The van der Waals surface area contributed by atoms with Gasteiger partial charge in [-0.3, -0.25) is 14.3 Å². The topological polar surface area (TPSA) is 102 Å². The van der Waals surface area contributed by atoms with Gasteiger partial charge in [0.15, 0.2) is 0 Å². The number of nitrogens with zero attached hydrogens (tertiary/aromatic N) is 6. The van der Waals surface area contributed by atoms with Crippen molar-refractivity contribution in [2.75, 3.05) is 0 Å². The van der Waals surface area contributed by atoms with Gasteiger partial charge in [0.05, 0.1) is 12.2 Å². The number of tetrazole rings is 1. The smallest absolute Gasteiger partial charge is 0.254 e. The van der Waals surface area contributed by atoms with E-state index in [-0.39, 0.29) is 5.56 Å². The zero-order valence-electron chi connectivity index (χ0n) is 19.1. The van der Waals surface area contributed by atoms with Gasteiger partial charge in [-0.2, -0.15) is 5.21 Å². The normalized spacial score (nSPS) is 11.0. The van der Waals surface area contributed by atoms with Crippen LogP contribution in [0.25, 0.3) is 33.8 Å². The Labute approximate surface area is 196 Å². The van der Waals surface area contributed by atoms with Crippen molar-refractivity contribution in [3.05, 3.63) is 99.9 Å². The average Bonchev–Trinajstić information content (AvgIpc) is 3.36. The standard InChI is InChI=1S/C26H23N7O/c1-16-10-11-27-24(12-16)21-8-9-22(26-29-31-32-30-26)23(14-21)20-6-4-19(5-7-20)15-33-18(3)28-17(2)13-25(33)34/h4-14H,15H2,1-3H3,(H,29,30,31,32). The maximum absolute atomic E-state index is 12.4. The maximum Gasteiger partial charge on any atom is 0.254 e. The monoisotopic (exact) mass is 449 g/mol. The number of hydrogen-bond donors (Lipinski definition) is 1. The molecule has 8 heteroatoms. The SMILES string of the molecule is Cc1ccnc(-c2ccc(-c3nn[nH]n3)c(-c3ccc(Cn4c(C)nc(C)cc4=O)cc3)c2)c1. The fraction of sp³-hybridized carbons (Fsp3) is 0.154. The van der Waals surface area contributed by atoms with Crippen molar-refractivity contribution in [3.63, 3.8) is 0 Å². The molecule has 0 fully saturated rings. The first-order valence-corrected chi connectivity index (χ1v) is 10.9. The molecule has 0 bridgehead atoms. The van der Waals surface area contributed by atoms with E-state index in [0.717, 1.165) is 44.8 Å². The Morgan fingerprint density at radius 3 is 2.38 bits per heavy atom. The zero-order valence-corrected chi connectivity index (χ0v) is 19.1. The highest BCUT2D eigenvalue weighted by molar-refractivity contribution is 5.84. The lowest BCUT2D eigenvalue weighted by molar-refractivity contribution is 0.694. The minimum Gasteiger partial charge on any atom is -0.292 e. The number of nitrogens with one attached hydrogen (secondary N) is 1. The van der Waals surface area contributed by atoms with E-state index in [2.05, 4.69) is 49.6 Å². The minimum atomic E-state index is -0.0492. The molecular weight excluding hydrogens is 426 g/mol. The molecule has 0 atom stereocenters. The van der Waals surface area contributed by atoms with Crippen molar-refractivity contribution in [2.45, 2.75) is 27.3 Å². The highest BCUT2D eigenvalue weighted by atomic mass is 16.1. The highest BCUT2D eigenvalue weighted by Crippen LogP contribution is 2.34. The Bertz CT molecular complexity index is 1520. The lowest BCUT2D eigenvalue weighted by Crippen LogP contribution is -2.24. The number of rotatable bonds is 5. The van der Waals surface area contributed by atoms with Gasteiger partial charge in [-0.1, -0.05) is 30.3 Å².